The van der Waals surface area contributed by atoms with Crippen LogP contribution in [0.1, 0.15) is 27.0 Å². The number of nitriles is 1. The van der Waals surface area contributed by atoms with Crippen molar-refractivity contribution in [3.8, 4) is 11.8 Å². The van der Waals surface area contributed by atoms with Gasteiger partial charge in [0.1, 0.15) is 11.6 Å². The van der Waals surface area contributed by atoms with Gasteiger partial charge in [0.05, 0.1) is 24.4 Å². The molecule has 8 nitrogen and oxygen atoms in total. The highest BCUT2D eigenvalue weighted by Crippen LogP contribution is 2.23. The third-order valence-corrected chi connectivity index (χ3v) is 5.23. The van der Waals surface area contributed by atoms with Gasteiger partial charge in [-0.1, -0.05) is 6.08 Å². The topological polar surface area (TPSA) is 109 Å². The molecule has 170 valence electrons. The molecule has 33 heavy (non-hydrogen) atoms. The number of benzene rings is 2. The lowest BCUT2D eigenvalue weighted by Crippen LogP contribution is -2.50. The van der Waals surface area contributed by atoms with E-state index in [9.17, 15) is 19.1 Å². The summed E-state index contributed by atoms with van der Waals surface area (Å²) < 4.78 is 13.7. The van der Waals surface area contributed by atoms with Crippen LogP contribution in [0.3, 0.4) is 0 Å². The maximum Gasteiger partial charge on any atom is 0.254 e. The van der Waals surface area contributed by atoms with Crippen molar-refractivity contribution in [1.29, 1.82) is 5.26 Å². The van der Waals surface area contributed by atoms with Crippen LogP contribution < -0.4 is 5.43 Å². The van der Waals surface area contributed by atoms with Crippen molar-refractivity contribution in [3.05, 3.63) is 77.1 Å². The van der Waals surface area contributed by atoms with Crippen LogP contribution in [-0.4, -0.2) is 65.7 Å². The number of halogens is 1. The number of carbonyl (C=O) groups excluding carboxylic acids is 2. The average molecular weight is 449 g/mol. The number of rotatable bonds is 7. The van der Waals surface area contributed by atoms with E-state index in [1.165, 1.54) is 12.3 Å². The van der Waals surface area contributed by atoms with E-state index in [0.29, 0.717) is 49.3 Å². The molecule has 1 fully saturated rings. The molecule has 0 atom stereocenters. The van der Waals surface area contributed by atoms with E-state index in [0.717, 1.165) is 6.07 Å². The smallest absolute Gasteiger partial charge is 0.254 e. The Hall–Kier alpha value is -4.03. The molecule has 9 heteroatoms. The predicted molar refractivity (Wildman–Crippen MR) is 121 cm³/mol. The Labute approximate surface area is 191 Å². The van der Waals surface area contributed by atoms with Crippen molar-refractivity contribution in [1.82, 2.24) is 15.2 Å². The fourth-order valence-electron chi connectivity index (χ4n) is 3.48. The third-order valence-electron chi connectivity index (χ3n) is 5.23. The van der Waals surface area contributed by atoms with Crippen molar-refractivity contribution in [2.75, 3.05) is 32.7 Å². The number of piperazine rings is 1. The molecule has 1 saturated heterocycles. The largest absolute Gasteiger partial charge is 0.507 e. The molecule has 1 aliphatic heterocycles. The number of nitrogens with one attached hydrogen (secondary N) is 1. The molecular weight excluding hydrogens is 425 g/mol. The molecule has 2 aromatic rings. The van der Waals surface area contributed by atoms with Gasteiger partial charge in [0, 0.05) is 42.9 Å². The lowest BCUT2D eigenvalue weighted by molar-refractivity contribution is -0.122. The molecule has 0 bridgehead atoms. The molecular formula is C24H24FN5O3. The van der Waals surface area contributed by atoms with Crippen molar-refractivity contribution < 1.29 is 19.1 Å². The Morgan fingerprint density at radius 3 is 2.55 bits per heavy atom. The number of aromatic hydroxyl groups is 1. The summed E-state index contributed by atoms with van der Waals surface area (Å²) >= 11 is 0. The van der Waals surface area contributed by atoms with Gasteiger partial charge in [-0.15, -0.1) is 6.58 Å². The Bertz CT molecular complexity index is 1100. The van der Waals surface area contributed by atoms with E-state index in [4.69, 9.17) is 5.26 Å². The predicted octanol–water partition coefficient (Wildman–Crippen LogP) is 2.04. The second-order valence-electron chi connectivity index (χ2n) is 7.55. The molecule has 1 aliphatic rings. The summed E-state index contributed by atoms with van der Waals surface area (Å²) in [6.45, 7) is 5.65. The van der Waals surface area contributed by atoms with Gasteiger partial charge in [0.15, 0.2) is 0 Å². The van der Waals surface area contributed by atoms with E-state index in [-0.39, 0.29) is 29.7 Å². The molecule has 3 rings (SSSR count). The Morgan fingerprint density at radius 2 is 1.91 bits per heavy atom. The molecule has 0 aromatic heterocycles. The number of carbonyl (C=O) groups is 2. The Kier molecular flexibility index (Phi) is 7.89. The maximum atomic E-state index is 13.7. The van der Waals surface area contributed by atoms with E-state index >= 15 is 0 Å². The fraction of sp³-hybridized carbons (Fsp3) is 0.250. The van der Waals surface area contributed by atoms with Crippen LogP contribution in [0.25, 0.3) is 0 Å². The Morgan fingerprint density at radius 1 is 1.21 bits per heavy atom. The lowest BCUT2D eigenvalue weighted by Gasteiger charge is -2.34. The fourth-order valence-corrected chi connectivity index (χ4v) is 3.48. The molecule has 1 heterocycles. The van der Waals surface area contributed by atoms with Crippen molar-refractivity contribution in [3.63, 3.8) is 0 Å². The van der Waals surface area contributed by atoms with Gasteiger partial charge in [0.2, 0.25) is 0 Å². The number of nitrogens with zero attached hydrogens (tertiary/aromatic N) is 4. The summed E-state index contributed by atoms with van der Waals surface area (Å²) in [5, 5.41) is 22.9. The van der Waals surface area contributed by atoms with Crippen LogP contribution in [0.5, 0.6) is 5.75 Å². The second kappa shape index (κ2) is 11.0. The van der Waals surface area contributed by atoms with Crippen molar-refractivity contribution in [2.45, 2.75) is 6.42 Å². The van der Waals surface area contributed by atoms with Crippen LogP contribution in [0.2, 0.25) is 0 Å². The standard InChI is InChI=1S/C24H24FN5O3/c1-2-3-19-12-21(25)13-20(23(19)32)15-27-28-22(31)16-29-8-10-30(11-9-29)24(33)18-6-4-17(14-26)5-7-18/h2,4-7,12-13,15,32H,1,3,8-11,16H2,(H,28,31)/b27-15+. The quantitative estimate of drug-likeness (QED) is 0.382. The van der Waals surface area contributed by atoms with Gasteiger partial charge in [0.25, 0.3) is 11.8 Å². The summed E-state index contributed by atoms with van der Waals surface area (Å²) in [6.07, 6.45) is 3.04. The van der Waals surface area contributed by atoms with Gasteiger partial charge in [-0.25, -0.2) is 9.82 Å². The van der Waals surface area contributed by atoms with E-state index in [1.807, 2.05) is 11.0 Å². The molecule has 0 spiro atoms. The third kappa shape index (κ3) is 6.24. The van der Waals surface area contributed by atoms with E-state index < -0.39 is 5.82 Å². The minimum Gasteiger partial charge on any atom is -0.507 e. The van der Waals surface area contributed by atoms with Crippen molar-refractivity contribution >= 4 is 18.0 Å². The zero-order valence-electron chi connectivity index (χ0n) is 18.0. The van der Waals surface area contributed by atoms with Crippen LogP contribution in [0.15, 0.2) is 54.2 Å². The summed E-state index contributed by atoms with van der Waals surface area (Å²) in [7, 11) is 0. The van der Waals surface area contributed by atoms with Gasteiger partial charge in [-0.3, -0.25) is 14.5 Å². The summed E-state index contributed by atoms with van der Waals surface area (Å²) in [5.41, 5.74) is 3.93. The molecule has 2 amide bonds. The molecule has 0 unspecified atom stereocenters. The van der Waals surface area contributed by atoms with Gasteiger partial charge >= 0.3 is 0 Å². The van der Waals surface area contributed by atoms with Crippen molar-refractivity contribution in [2.24, 2.45) is 5.10 Å². The van der Waals surface area contributed by atoms with Gasteiger partial charge < -0.3 is 10.0 Å². The highest BCUT2D eigenvalue weighted by Gasteiger charge is 2.23. The van der Waals surface area contributed by atoms with Gasteiger partial charge in [-0.05, 0) is 42.8 Å². The summed E-state index contributed by atoms with van der Waals surface area (Å²) in [4.78, 5) is 28.4. The number of phenols is 1. The SMILES string of the molecule is C=CCc1cc(F)cc(/C=N/NC(=O)CN2CCN(C(=O)c3ccc(C#N)cc3)CC2)c1O. The van der Waals surface area contributed by atoms with Crippen LogP contribution in [-0.2, 0) is 11.2 Å². The normalized spacial score (nSPS) is 14.1. The monoisotopic (exact) mass is 449 g/mol. The number of hydrogen-bond acceptors (Lipinski definition) is 6. The zero-order chi connectivity index (χ0) is 23.8. The first-order valence-corrected chi connectivity index (χ1v) is 10.4. The summed E-state index contributed by atoms with van der Waals surface area (Å²) in [5.74, 6) is -1.11. The molecule has 2 aromatic carbocycles. The first-order valence-electron chi connectivity index (χ1n) is 10.4. The number of hydrazone groups is 1. The number of phenolic OH excluding ortho intramolecular Hbond substituents is 1. The number of hydrogen-bond donors (Lipinski definition) is 2. The maximum absolute atomic E-state index is 13.7. The number of amides is 2. The van der Waals surface area contributed by atoms with E-state index in [2.05, 4.69) is 17.1 Å². The molecule has 2 N–H and O–H groups in total. The van der Waals surface area contributed by atoms with Crippen LogP contribution in [0, 0.1) is 17.1 Å². The van der Waals surface area contributed by atoms with Crippen LogP contribution >= 0.6 is 0 Å². The first-order chi connectivity index (χ1) is 15.9. The Balaban J connectivity index is 1.48. The molecule has 0 radical (unpaired) electrons. The second-order valence-corrected chi connectivity index (χ2v) is 7.55. The minimum absolute atomic E-state index is 0.0904. The molecule has 0 saturated carbocycles. The highest BCUT2D eigenvalue weighted by molar-refractivity contribution is 5.94. The molecule has 0 aliphatic carbocycles. The van der Waals surface area contributed by atoms with Crippen LogP contribution in [0.4, 0.5) is 4.39 Å². The number of allylic oxidation sites excluding steroid dienone is 1. The lowest BCUT2D eigenvalue weighted by atomic mass is 10.1. The minimum atomic E-state index is -0.522. The van der Waals surface area contributed by atoms with E-state index in [1.54, 1.807) is 35.2 Å². The average Bonchev–Trinajstić information content (AvgIpc) is 2.82. The zero-order valence-corrected chi connectivity index (χ0v) is 18.0. The highest BCUT2D eigenvalue weighted by atomic mass is 19.1. The van der Waals surface area contributed by atoms with Gasteiger partial charge in [-0.2, -0.15) is 10.4 Å². The first kappa shape index (κ1) is 23.6. The summed E-state index contributed by atoms with van der Waals surface area (Å²) in [6, 6.07) is 10.9.